The number of benzene rings is 1. The SMILES string of the molecule is CNCC1(CNCC(C)(C)c2ccc(F)cc2)CC1. The summed E-state index contributed by atoms with van der Waals surface area (Å²) >= 11 is 0. The highest BCUT2D eigenvalue weighted by Gasteiger charge is 2.41. The lowest BCUT2D eigenvalue weighted by molar-refractivity contribution is 0.396. The molecule has 0 unspecified atom stereocenters. The maximum Gasteiger partial charge on any atom is 0.123 e. The number of nitrogens with one attached hydrogen (secondary N) is 2. The topological polar surface area (TPSA) is 24.1 Å². The van der Waals surface area contributed by atoms with Gasteiger partial charge in [-0.1, -0.05) is 26.0 Å². The van der Waals surface area contributed by atoms with Gasteiger partial charge < -0.3 is 10.6 Å². The maximum absolute atomic E-state index is 13.0. The highest BCUT2D eigenvalue weighted by Crippen LogP contribution is 2.44. The Morgan fingerprint density at radius 3 is 2.32 bits per heavy atom. The van der Waals surface area contributed by atoms with Crippen LogP contribution in [-0.2, 0) is 5.41 Å². The van der Waals surface area contributed by atoms with Crippen LogP contribution in [0.15, 0.2) is 24.3 Å². The van der Waals surface area contributed by atoms with E-state index in [0.717, 1.165) is 19.6 Å². The largest absolute Gasteiger partial charge is 0.319 e. The second-order valence-corrected chi connectivity index (χ2v) is 6.52. The van der Waals surface area contributed by atoms with Gasteiger partial charge in [0, 0.05) is 25.0 Å². The molecule has 1 aromatic carbocycles. The van der Waals surface area contributed by atoms with Crippen LogP contribution in [0, 0.1) is 11.2 Å². The van der Waals surface area contributed by atoms with Gasteiger partial charge >= 0.3 is 0 Å². The van der Waals surface area contributed by atoms with Crippen LogP contribution in [0.1, 0.15) is 32.3 Å². The van der Waals surface area contributed by atoms with Crippen molar-refractivity contribution in [2.75, 3.05) is 26.7 Å². The van der Waals surface area contributed by atoms with Crippen LogP contribution < -0.4 is 10.6 Å². The molecule has 0 amide bonds. The average Bonchev–Trinajstić information content (AvgIpc) is 3.10. The fourth-order valence-electron chi connectivity index (χ4n) is 2.61. The van der Waals surface area contributed by atoms with Crippen molar-refractivity contribution in [1.29, 1.82) is 0 Å². The van der Waals surface area contributed by atoms with E-state index in [1.165, 1.54) is 18.4 Å². The second-order valence-electron chi connectivity index (χ2n) is 6.52. The Labute approximate surface area is 115 Å². The average molecular weight is 264 g/mol. The fourth-order valence-corrected chi connectivity index (χ4v) is 2.61. The number of hydrogen-bond acceptors (Lipinski definition) is 2. The lowest BCUT2D eigenvalue weighted by Gasteiger charge is -2.27. The Hall–Kier alpha value is -0.930. The first-order chi connectivity index (χ1) is 8.97. The molecular weight excluding hydrogens is 239 g/mol. The first kappa shape index (κ1) is 14.5. The summed E-state index contributed by atoms with van der Waals surface area (Å²) < 4.78 is 13.0. The van der Waals surface area contributed by atoms with Crippen LogP contribution >= 0.6 is 0 Å². The molecular formula is C16H25FN2. The third-order valence-corrected chi connectivity index (χ3v) is 4.20. The molecule has 0 atom stereocenters. The smallest absolute Gasteiger partial charge is 0.123 e. The minimum absolute atomic E-state index is 0.0312. The second kappa shape index (κ2) is 5.59. The third kappa shape index (κ3) is 3.77. The Kier molecular flexibility index (Phi) is 4.26. The number of rotatable bonds is 7. The molecule has 1 aliphatic carbocycles. The molecule has 3 heteroatoms. The summed E-state index contributed by atoms with van der Waals surface area (Å²) in [5.41, 5.74) is 1.69. The Balaban J connectivity index is 1.85. The highest BCUT2D eigenvalue weighted by molar-refractivity contribution is 5.24. The molecule has 0 heterocycles. The van der Waals surface area contributed by atoms with Crippen molar-refractivity contribution in [3.05, 3.63) is 35.6 Å². The van der Waals surface area contributed by atoms with Gasteiger partial charge in [0.15, 0.2) is 0 Å². The molecule has 0 aliphatic heterocycles. The lowest BCUT2D eigenvalue weighted by atomic mass is 9.84. The summed E-state index contributed by atoms with van der Waals surface area (Å²) in [6, 6.07) is 6.86. The highest BCUT2D eigenvalue weighted by atomic mass is 19.1. The van der Waals surface area contributed by atoms with E-state index in [2.05, 4.69) is 24.5 Å². The summed E-state index contributed by atoms with van der Waals surface area (Å²) in [7, 11) is 2.02. The van der Waals surface area contributed by atoms with E-state index in [1.54, 1.807) is 12.1 Å². The van der Waals surface area contributed by atoms with Crippen LogP contribution in [0.25, 0.3) is 0 Å². The van der Waals surface area contributed by atoms with Gasteiger partial charge in [-0.05, 0) is 43.0 Å². The molecule has 0 aromatic heterocycles. The third-order valence-electron chi connectivity index (χ3n) is 4.20. The minimum atomic E-state index is -0.168. The number of halogens is 1. The zero-order chi connectivity index (χ0) is 13.9. The van der Waals surface area contributed by atoms with Crippen molar-refractivity contribution in [3.8, 4) is 0 Å². The molecule has 0 spiro atoms. The lowest BCUT2D eigenvalue weighted by Crippen LogP contribution is -2.38. The normalized spacial score (nSPS) is 17.5. The van der Waals surface area contributed by atoms with E-state index < -0.39 is 0 Å². The summed E-state index contributed by atoms with van der Waals surface area (Å²) in [4.78, 5) is 0. The molecule has 19 heavy (non-hydrogen) atoms. The molecule has 1 saturated carbocycles. The van der Waals surface area contributed by atoms with E-state index in [1.807, 2.05) is 19.2 Å². The molecule has 2 rings (SSSR count). The van der Waals surface area contributed by atoms with Gasteiger partial charge in [-0.25, -0.2) is 4.39 Å². The summed E-state index contributed by atoms with van der Waals surface area (Å²) in [5.74, 6) is -0.168. The Morgan fingerprint density at radius 1 is 1.16 bits per heavy atom. The van der Waals surface area contributed by atoms with E-state index >= 15 is 0 Å². The monoisotopic (exact) mass is 264 g/mol. The predicted molar refractivity (Wildman–Crippen MR) is 77.9 cm³/mol. The van der Waals surface area contributed by atoms with Crippen molar-refractivity contribution in [1.82, 2.24) is 10.6 Å². The van der Waals surface area contributed by atoms with Crippen molar-refractivity contribution < 1.29 is 4.39 Å². The molecule has 0 bridgehead atoms. The molecule has 2 nitrogen and oxygen atoms in total. The summed E-state index contributed by atoms with van der Waals surface area (Å²) in [6.45, 7) is 7.48. The van der Waals surface area contributed by atoms with Crippen LogP contribution in [0.4, 0.5) is 4.39 Å². The standard InChI is InChI=1S/C16H25FN2/c1-15(2,13-4-6-14(17)7-5-13)10-19-12-16(8-9-16)11-18-3/h4-7,18-19H,8-12H2,1-3H3. The van der Waals surface area contributed by atoms with E-state index in [4.69, 9.17) is 0 Å². The summed E-state index contributed by atoms with van der Waals surface area (Å²) in [5, 5.41) is 6.87. The number of hydrogen-bond donors (Lipinski definition) is 2. The molecule has 0 saturated heterocycles. The molecule has 2 N–H and O–H groups in total. The van der Waals surface area contributed by atoms with Crippen molar-refractivity contribution >= 4 is 0 Å². The van der Waals surface area contributed by atoms with Crippen molar-refractivity contribution in [2.45, 2.75) is 32.1 Å². The molecule has 106 valence electrons. The van der Waals surface area contributed by atoms with Crippen LogP contribution in [0.3, 0.4) is 0 Å². The van der Waals surface area contributed by atoms with Crippen molar-refractivity contribution in [3.63, 3.8) is 0 Å². The van der Waals surface area contributed by atoms with Gasteiger partial charge in [0.2, 0.25) is 0 Å². The zero-order valence-electron chi connectivity index (χ0n) is 12.2. The summed E-state index contributed by atoms with van der Waals surface area (Å²) in [6.07, 6.45) is 2.63. The minimum Gasteiger partial charge on any atom is -0.319 e. The Morgan fingerprint density at radius 2 is 1.79 bits per heavy atom. The molecule has 1 aromatic rings. The van der Waals surface area contributed by atoms with Gasteiger partial charge in [0.25, 0.3) is 0 Å². The maximum atomic E-state index is 13.0. The van der Waals surface area contributed by atoms with Crippen LogP contribution in [0.2, 0.25) is 0 Å². The van der Waals surface area contributed by atoms with Gasteiger partial charge in [0.05, 0.1) is 0 Å². The first-order valence-electron chi connectivity index (χ1n) is 7.09. The predicted octanol–water partition coefficient (Wildman–Crippen LogP) is 2.69. The quantitative estimate of drug-likeness (QED) is 0.791. The first-order valence-corrected chi connectivity index (χ1v) is 7.09. The molecule has 1 fully saturated rings. The Bertz CT molecular complexity index is 407. The van der Waals surface area contributed by atoms with E-state index in [9.17, 15) is 4.39 Å². The van der Waals surface area contributed by atoms with Gasteiger partial charge in [-0.3, -0.25) is 0 Å². The zero-order valence-corrected chi connectivity index (χ0v) is 12.2. The molecule has 1 aliphatic rings. The van der Waals surface area contributed by atoms with Crippen LogP contribution in [0.5, 0.6) is 0 Å². The fraction of sp³-hybridized carbons (Fsp3) is 0.625. The van der Waals surface area contributed by atoms with E-state index in [-0.39, 0.29) is 11.2 Å². The van der Waals surface area contributed by atoms with Gasteiger partial charge in [0.1, 0.15) is 5.82 Å². The van der Waals surface area contributed by atoms with E-state index in [0.29, 0.717) is 5.41 Å². The van der Waals surface area contributed by atoms with Crippen LogP contribution in [-0.4, -0.2) is 26.7 Å². The molecule has 0 radical (unpaired) electrons. The van der Waals surface area contributed by atoms with Crippen molar-refractivity contribution in [2.24, 2.45) is 5.41 Å². The van der Waals surface area contributed by atoms with Gasteiger partial charge in [-0.15, -0.1) is 0 Å². The van der Waals surface area contributed by atoms with Gasteiger partial charge in [-0.2, -0.15) is 0 Å².